The minimum absolute atomic E-state index is 0.0872. The number of carbonyl (C=O) groups excluding carboxylic acids is 3. The molecule has 0 radical (unpaired) electrons. The number of nitrogens with zero attached hydrogens (tertiary/aromatic N) is 1. The van der Waals surface area contributed by atoms with Crippen LogP contribution in [-0.2, 0) is 19.1 Å². The number of fused-ring (bicyclic) bond motifs is 1. The van der Waals surface area contributed by atoms with Gasteiger partial charge < -0.3 is 15.6 Å². The fourth-order valence-electron chi connectivity index (χ4n) is 2.58. The number of carboxylic acid groups (broad SMARTS) is 1. The Morgan fingerprint density at radius 2 is 1.96 bits per heavy atom. The number of rotatable bonds is 4. The maximum absolute atomic E-state index is 12.9. The highest BCUT2D eigenvalue weighted by molar-refractivity contribution is 7.11. The van der Waals surface area contributed by atoms with E-state index in [4.69, 9.17) is 27.2 Å². The van der Waals surface area contributed by atoms with Gasteiger partial charge in [0.1, 0.15) is 0 Å². The summed E-state index contributed by atoms with van der Waals surface area (Å²) in [6.45, 7) is 0. The molecule has 8 nitrogen and oxygen atoms in total. The van der Waals surface area contributed by atoms with Crippen molar-refractivity contribution in [3.63, 3.8) is 0 Å². The van der Waals surface area contributed by atoms with E-state index in [-0.39, 0.29) is 27.6 Å². The first kappa shape index (κ1) is 19.3. The maximum Gasteiger partial charge on any atom is 0.336 e. The number of carbonyl (C=O) groups is 4. The number of nitrogens with two attached hydrogens (primary N) is 1. The third-order valence-electron chi connectivity index (χ3n) is 3.64. The van der Waals surface area contributed by atoms with E-state index in [9.17, 15) is 19.2 Å². The minimum Gasteiger partial charge on any atom is -0.478 e. The van der Waals surface area contributed by atoms with Crippen molar-refractivity contribution in [3.8, 4) is 0 Å². The van der Waals surface area contributed by atoms with Crippen molar-refractivity contribution in [2.45, 2.75) is 0 Å². The zero-order chi connectivity index (χ0) is 20.4. The fraction of sp³-hybridized carbons (Fsp3) is 0. The van der Waals surface area contributed by atoms with Gasteiger partial charge in [0.2, 0.25) is 0 Å². The molecule has 0 atom stereocenters. The molecule has 0 aliphatic carbocycles. The van der Waals surface area contributed by atoms with E-state index in [1.165, 1.54) is 29.5 Å². The fourth-order valence-corrected chi connectivity index (χ4v) is 3.47. The van der Waals surface area contributed by atoms with Crippen LogP contribution < -0.4 is 10.6 Å². The molecular weight excluding hydrogens is 408 g/mol. The van der Waals surface area contributed by atoms with Gasteiger partial charge in [0.25, 0.3) is 5.91 Å². The van der Waals surface area contributed by atoms with Gasteiger partial charge in [0.05, 0.1) is 16.1 Å². The molecule has 0 saturated carbocycles. The second-order valence-corrected chi connectivity index (χ2v) is 6.80. The van der Waals surface area contributed by atoms with Gasteiger partial charge in [0.15, 0.2) is 5.76 Å². The molecule has 0 saturated heterocycles. The van der Waals surface area contributed by atoms with Gasteiger partial charge in [-0.1, -0.05) is 17.7 Å². The first-order chi connectivity index (χ1) is 13.3. The van der Waals surface area contributed by atoms with Crippen LogP contribution in [0.25, 0.3) is 11.3 Å². The summed E-state index contributed by atoms with van der Waals surface area (Å²) in [6, 6.07) is 6.65. The smallest absolute Gasteiger partial charge is 0.336 e. The molecule has 2 aromatic rings. The van der Waals surface area contributed by atoms with Crippen LogP contribution in [0.2, 0.25) is 5.02 Å². The van der Waals surface area contributed by atoms with Crippen LogP contribution in [0, 0.1) is 0 Å². The number of urea groups is 1. The lowest BCUT2D eigenvalue weighted by molar-refractivity contribution is -0.134. The Kier molecular flexibility index (Phi) is 5.30. The van der Waals surface area contributed by atoms with Crippen LogP contribution in [0.15, 0.2) is 47.9 Å². The van der Waals surface area contributed by atoms with Gasteiger partial charge in [-0.2, -0.15) is 0 Å². The largest absolute Gasteiger partial charge is 0.478 e. The number of primary amides is 1. The van der Waals surface area contributed by atoms with E-state index in [0.29, 0.717) is 17.0 Å². The maximum atomic E-state index is 12.9. The first-order valence-electron chi connectivity index (χ1n) is 7.64. The number of imide groups is 1. The van der Waals surface area contributed by atoms with Gasteiger partial charge in [-0.05, 0) is 29.6 Å². The molecule has 3 amide bonds. The van der Waals surface area contributed by atoms with Crippen LogP contribution in [0.4, 0.5) is 10.5 Å². The van der Waals surface area contributed by atoms with Gasteiger partial charge in [0, 0.05) is 22.7 Å². The summed E-state index contributed by atoms with van der Waals surface area (Å²) in [7, 11) is 0. The predicted molar refractivity (Wildman–Crippen MR) is 103 cm³/mol. The Morgan fingerprint density at radius 1 is 1.21 bits per heavy atom. The summed E-state index contributed by atoms with van der Waals surface area (Å²) < 4.78 is 5.28. The molecule has 1 aliphatic heterocycles. The highest BCUT2D eigenvalue weighted by Crippen LogP contribution is 2.43. The van der Waals surface area contributed by atoms with Gasteiger partial charge >= 0.3 is 18.0 Å². The van der Waals surface area contributed by atoms with Gasteiger partial charge in [-0.15, -0.1) is 11.3 Å². The Balaban J connectivity index is 2.21. The normalized spacial score (nSPS) is 14.9. The molecule has 1 aromatic carbocycles. The molecule has 0 spiro atoms. The van der Waals surface area contributed by atoms with Crippen molar-refractivity contribution >= 4 is 63.8 Å². The lowest BCUT2D eigenvalue weighted by atomic mass is 10.1. The minimum atomic E-state index is -1.34. The molecule has 10 heteroatoms. The number of amides is 3. The van der Waals surface area contributed by atoms with E-state index in [1.807, 2.05) is 0 Å². The van der Waals surface area contributed by atoms with E-state index in [0.717, 1.165) is 4.90 Å². The van der Waals surface area contributed by atoms with Gasteiger partial charge in [-0.25, -0.2) is 19.3 Å². The molecule has 0 fully saturated rings. The Bertz CT molecular complexity index is 1060. The number of halogens is 1. The highest BCUT2D eigenvalue weighted by Gasteiger charge is 2.39. The number of esters is 1. The van der Waals surface area contributed by atoms with Crippen molar-refractivity contribution in [3.05, 3.63) is 63.3 Å². The van der Waals surface area contributed by atoms with Crippen molar-refractivity contribution in [1.29, 1.82) is 0 Å². The standard InChI is InChI=1S/C18H11ClN2O6S/c19-9-3-4-11-10(8-9)15(17(25)21(11)18(20)26)16(12-2-1-7-28-12)27-14(24)6-5-13(22)23/h1-8H,(H2,20,26)(H,22,23)/b6-5+,16-15+. The lowest BCUT2D eigenvalue weighted by Gasteiger charge is -2.11. The second-order valence-electron chi connectivity index (χ2n) is 5.41. The lowest BCUT2D eigenvalue weighted by Crippen LogP contribution is -2.38. The van der Waals surface area contributed by atoms with Crippen molar-refractivity contribution in [2.24, 2.45) is 5.73 Å². The van der Waals surface area contributed by atoms with Crippen LogP contribution in [-0.4, -0.2) is 29.0 Å². The second kappa shape index (κ2) is 7.67. The molecule has 2 heterocycles. The van der Waals surface area contributed by atoms with E-state index in [1.54, 1.807) is 17.5 Å². The predicted octanol–water partition coefficient (Wildman–Crippen LogP) is 2.88. The molecular formula is C18H11ClN2O6S. The monoisotopic (exact) mass is 418 g/mol. The average molecular weight is 419 g/mol. The molecule has 142 valence electrons. The molecule has 1 aromatic heterocycles. The van der Waals surface area contributed by atoms with E-state index >= 15 is 0 Å². The molecule has 28 heavy (non-hydrogen) atoms. The third-order valence-corrected chi connectivity index (χ3v) is 4.75. The Morgan fingerprint density at radius 3 is 2.57 bits per heavy atom. The summed E-state index contributed by atoms with van der Waals surface area (Å²) in [5.74, 6) is -3.26. The van der Waals surface area contributed by atoms with Gasteiger partial charge in [-0.3, -0.25) is 4.79 Å². The number of anilines is 1. The van der Waals surface area contributed by atoms with Crippen molar-refractivity contribution < 1.29 is 29.0 Å². The number of carboxylic acids is 1. The topological polar surface area (TPSA) is 127 Å². The molecule has 0 unspecified atom stereocenters. The number of hydrogen-bond donors (Lipinski definition) is 2. The summed E-state index contributed by atoms with van der Waals surface area (Å²) in [6.07, 6.45) is 1.32. The number of thiophene rings is 1. The molecule has 0 bridgehead atoms. The number of aliphatic carboxylic acids is 1. The first-order valence-corrected chi connectivity index (χ1v) is 8.90. The van der Waals surface area contributed by atoms with E-state index in [2.05, 4.69) is 0 Å². The summed E-state index contributed by atoms with van der Waals surface area (Å²) in [5.41, 5.74) is 5.70. The summed E-state index contributed by atoms with van der Waals surface area (Å²) >= 11 is 7.21. The molecule has 3 rings (SSSR count). The third kappa shape index (κ3) is 3.66. The zero-order valence-corrected chi connectivity index (χ0v) is 15.5. The number of benzene rings is 1. The Labute approximate surface area is 167 Å². The van der Waals surface area contributed by atoms with E-state index < -0.39 is 23.9 Å². The summed E-state index contributed by atoms with van der Waals surface area (Å²) in [4.78, 5) is 48.6. The van der Waals surface area contributed by atoms with Crippen molar-refractivity contribution in [1.82, 2.24) is 0 Å². The number of ether oxygens (including phenoxy) is 1. The van der Waals surface area contributed by atoms with Crippen LogP contribution in [0.5, 0.6) is 0 Å². The average Bonchev–Trinajstić information content (AvgIpc) is 3.24. The quantitative estimate of drug-likeness (QED) is 0.446. The number of hydrogen-bond acceptors (Lipinski definition) is 6. The zero-order valence-electron chi connectivity index (χ0n) is 13.9. The SMILES string of the molecule is NC(=O)N1C(=O)/C(=C(/OC(=O)/C=C/C(=O)O)c2cccs2)c2cc(Cl)ccc21. The summed E-state index contributed by atoms with van der Waals surface area (Å²) in [5, 5.41) is 10.6. The molecule has 3 N–H and O–H groups in total. The van der Waals surface area contributed by atoms with Crippen LogP contribution in [0.3, 0.4) is 0 Å². The van der Waals surface area contributed by atoms with Crippen molar-refractivity contribution in [2.75, 3.05) is 4.90 Å². The molecule has 1 aliphatic rings. The van der Waals surface area contributed by atoms with Crippen LogP contribution in [0.1, 0.15) is 10.4 Å². The Hall–Kier alpha value is -3.43. The highest BCUT2D eigenvalue weighted by atomic mass is 35.5. The van der Waals surface area contributed by atoms with Crippen LogP contribution >= 0.6 is 22.9 Å².